The van der Waals surface area contributed by atoms with Gasteiger partial charge in [-0.25, -0.2) is 0 Å². The molecule has 0 bridgehead atoms. The summed E-state index contributed by atoms with van der Waals surface area (Å²) in [6.45, 7) is 6.45. The SMILES string of the molecule is C/C=C(\C=C/CC)C1C=CC(C)=CC1. The molecule has 0 saturated heterocycles. The minimum absolute atomic E-state index is 0.589. The van der Waals surface area contributed by atoms with E-state index in [-0.39, 0.29) is 0 Å². The van der Waals surface area contributed by atoms with Gasteiger partial charge in [-0.1, -0.05) is 49.0 Å². The van der Waals surface area contributed by atoms with Crippen LogP contribution in [0.25, 0.3) is 0 Å². The third-order valence-electron chi connectivity index (χ3n) is 2.59. The molecular weight excluding hydrogens is 168 g/mol. The molecule has 0 aliphatic heterocycles. The number of allylic oxidation sites excluding steroid dienone is 8. The normalized spacial score (nSPS) is 22.9. The molecule has 1 aliphatic rings. The lowest BCUT2D eigenvalue weighted by molar-refractivity contribution is 0.777. The van der Waals surface area contributed by atoms with Crippen LogP contribution in [0.15, 0.2) is 47.6 Å². The van der Waals surface area contributed by atoms with Crippen molar-refractivity contribution in [1.82, 2.24) is 0 Å². The Kier molecular flexibility index (Phi) is 4.45. The summed E-state index contributed by atoms with van der Waals surface area (Å²) in [5.41, 5.74) is 2.82. The zero-order valence-electron chi connectivity index (χ0n) is 9.46. The van der Waals surface area contributed by atoms with Crippen molar-refractivity contribution in [2.45, 2.75) is 33.6 Å². The molecule has 14 heavy (non-hydrogen) atoms. The highest BCUT2D eigenvalue weighted by atomic mass is 14.1. The van der Waals surface area contributed by atoms with E-state index < -0.39 is 0 Å². The summed E-state index contributed by atoms with van der Waals surface area (Å²) >= 11 is 0. The van der Waals surface area contributed by atoms with Gasteiger partial charge in [-0.2, -0.15) is 0 Å². The van der Waals surface area contributed by atoms with Crippen LogP contribution in [0, 0.1) is 5.92 Å². The molecule has 0 heterocycles. The molecule has 0 nitrogen and oxygen atoms in total. The molecule has 0 amide bonds. The third kappa shape index (κ3) is 3.02. The van der Waals surface area contributed by atoms with Crippen LogP contribution < -0.4 is 0 Å². The monoisotopic (exact) mass is 188 g/mol. The van der Waals surface area contributed by atoms with Crippen molar-refractivity contribution in [3.63, 3.8) is 0 Å². The summed E-state index contributed by atoms with van der Waals surface area (Å²) in [5, 5.41) is 0. The van der Waals surface area contributed by atoms with Crippen LogP contribution in [-0.2, 0) is 0 Å². The molecule has 0 aromatic heterocycles. The number of rotatable bonds is 3. The maximum atomic E-state index is 2.31. The standard InChI is InChI=1S/C14H20/c1-4-6-7-13(5-2)14-10-8-12(3)9-11-14/h5-10,14H,4,11H2,1-3H3/b7-6-,13-5+. The van der Waals surface area contributed by atoms with E-state index in [2.05, 4.69) is 57.2 Å². The van der Waals surface area contributed by atoms with E-state index in [1.54, 1.807) is 0 Å². The topological polar surface area (TPSA) is 0 Å². The van der Waals surface area contributed by atoms with Crippen LogP contribution in [-0.4, -0.2) is 0 Å². The molecule has 76 valence electrons. The van der Waals surface area contributed by atoms with Crippen LogP contribution in [0.5, 0.6) is 0 Å². The molecule has 1 atom stereocenters. The molecule has 0 N–H and O–H groups in total. The van der Waals surface area contributed by atoms with Gasteiger partial charge in [0.15, 0.2) is 0 Å². The largest absolute Gasteiger partial charge is 0.0845 e. The van der Waals surface area contributed by atoms with E-state index >= 15 is 0 Å². The first-order valence-corrected chi connectivity index (χ1v) is 5.45. The van der Waals surface area contributed by atoms with E-state index in [0.717, 1.165) is 12.8 Å². The van der Waals surface area contributed by atoms with E-state index in [1.165, 1.54) is 11.1 Å². The average Bonchev–Trinajstić information content (AvgIpc) is 2.21. The smallest absolute Gasteiger partial charge is 0.00525 e. The van der Waals surface area contributed by atoms with Gasteiger partial charge in [-0.15, -0.1) is 0 Å². The highest BCUT2D eigenvalue weighted by molar-refractivity contribution is 5.32. The van der Waals surface area contributed by atoms with E-state index in [4.69, 9.17) is 0 Å². The van der Waals surface area contributed by atoms with Gasteiger partial charge in [0.05, 0.1) is 0 Å². The Balaban J connectivity index is 2.65. The lowest BCUT2D eigenvalue weighted by Gasteiger charge is -2.15. The van der Waals surface area contributed by atoms with Crippen LogP contribution in [0.1, 0.15) is 33.6 Å². The Morgan fingerprint density at radius 1 is 1.57 bits per heavy atom. The highest BCUT2D eigenvalue weighted by Crippen LogP contribution is 2.24. The van der Waals surface area contributed by atoms with Crippen molar-refractivity contribution in [3.05, 3.63) is 47.6 Å². The second kappa shape index (κ2) is 5.64. The Labute approximate surface area is 87.7 Å². The number of hydrogen-bond donors (Lipinski definition) is 0. The first kappa shape index (κ1) is 11.0. The van der Waals surface area contributed by atoms with Gasteiger partial charge >= 0.3 is 0 Å². The predicted octanol–water partition coefficient (Wildman–Crippen LogP) is 4.42. The van der Waals surface area contributed by atoms with Gasteiger partial charge < -0.3 is 0 Å². The lowest BCUT2D eigenvalue weighted by Crippen LogP contribution is -2.01. The Hall–Kier alpha value is -1.04. The molecule has 1 unspecified atom stereocenters. The fourth-order valence-corrected chi connectivity index (χ4v) is 1.66. The highest BCUT2D eigenvalue weighted by Gasteiger charge is 2.09. The minimum atomic E-state index is 0.589. The molecule has 1 aliphatic carbocycles. The lowest BCUT2D eigenvalue weighted by atomic mass is 9.90. The van der Waals surface area contributed by atoms with Gasteiger partial charge in [0.1, 0.15) is 0 Å². The van der Waals surface area contributed by atoms with Crippen molar-refractivity contribution in [3.8, 4) is 0 Å². The van der Waals surface area contributed by atoms with Crippen molar-refractivity contribution >= 4 is 0 Å². The summed E-state index contributed by atoms with van der Waals surface area (Å²) in [7, 11) is 0. The van der Waals surface area contributed by atoms with Crippen molar-refractivity contribution in [2.75, 3.05) is 0 Å². The van der Waals surface area contributed by atoms with Crippen molar-refractivity contribution in [2.24, 2.45) is 5.92 Å². The molecule has 0 heteroatoms. The first-order valence-electron chi connectivity index (χ1n) is 5.45. The molecule has 0 fully saturated rings. The predicted molar refractivity (Wildman–Crippen MR) is 64.2 cm³/mol. The Morgan fingerprint density at radius 2 is 2.36 bits per heavy atom. The maximum Gasteiger partial charge on any atom is 0.00525 e. The van der Waals surface area contributed by atoms with Crippen LogP contribution in [0.3, 0.4) is 0 Å². The summed E-state index contributed by atoms with van der Waals surface area (Å²) in [6.07, 6.45) is 15.8. The van der Waals surface area contributed by atoms with E-state index in [0.29, 0.717) is 5.92 Å². The summed E-state index contributed by atoms with van der Waals surface area (Å²) < 4.78 is 0. The quantitative estimate of drug-likeness (QED) is 0.575. The second-order valence-electron chi connectivity index (χ2n) is 3.75. The molecule has 1 rings (SSSR count). The van der Waals surface area contributed by atoms with Gasteiger partial charge in [-0.05, 0) is 32.3 Å². The van der Waals surface area contributed by atoms with Gasteiger partial charge in [0.2, 0.25) is 0 Å². The zero-order valence-corrected chi connectivity index (χ0v) is 9.46. The summed E-state index contributed by atoms with van der Waals surface area (Å²) in [5.74, 6) is 0.589. The van der Waals surface area contributed by atoms with Crippen molar-refractivity contribution < 1.29 is 0 Å². The van der Waals surface area contributed by atoms with Crippen molar-refractivity contribution in [1.29, 1.82) is 0 Å². The molecular formula is C14H20. The molecule has 0 spiro atoms. The van der Waals surface area contributed by atoms with Gasteiger partial charge in [-0.3, -0.25) is 0 Å². The van der Waals surface area contributed by atoms with Crippen LogP contribution in [0.2, 0.25) is 0 Å². The Morgan fingerprint density at radius 3 is 2.86 bits per heavy atom. The molecule has 0 aromatic carbocycles. The Bertz CT molecular complexity index is 287. The summed E-state index contributed by atoms with van der Waals surface area (Å²) in [4.78, 5) is 0. The molecule has 0 radical (unpaired) electrons. The number of hydrogen-bond acceptors (Lipinski definition) is 0. The molecule has 0 aromatic rings. The average molecular weight is 188 g/mol. The third-order valence-corrected chi connectivity index (χ3v) is 2.59. The van der Waals surface area contributed by atoms with Crippen LogP contribution >= 0.6 is 0 Å². The first-order chi connectivity index (χ1) is 6.77. The summed E-state index contributed by atoms with van der Waals surface area (Å²) in [6, 6.07) is 0. The van der Waals surface area contributed by atoms with Crippen LogP contribution in [0.4, 0.5) is 0 Å². The fourth-order valence-electron chi connectivity index (χ4n) is 1.66. The zero-order chi connectivity index (χ0) is 10.4. The molecule has 0 saturated carbocycles. The fraction of sp³-hybridized carbons (Fsp3) is 0.429. The second-order valence-corrected chi connectivity index (χ2v) is 3.75. The van der Waals surface area contributed by atoms with E-state index in [9.17, 15) is 0 Å². The van der Waals surface area contributed by atoms with Gasteiger partial charge in [0.25, 0.3) is 0 Å². The van der Waals surface area contributed by atoms with Gasteiger partial charge in [0, 0.05) is 5.92 Å². The minimum Gasteiger partial charge on any atom is -0.0845 e. The van der Waals surface area contributed by atoms with E-state index in [1.807, 2.05) is 0 Å². The maximum absolute atomic E-state index is 2.31.